The van der Waals surface area contributed by atoms with Gasteiger partial charge < -0.3 is 5.11 Å². The average Bonchev–Trinajstić information content (AvgIpc) is 2.28. The van der Waals surface area contributed by atoms with Crippen LogP contribution in [-0.4, -0.2) is 11.1 Å². The van der Waals surface area contributed by atoms with E-state index in [2.05, 4.69) is 13.8 Å². The summed E-state index contributed by atoms with van der Waals surface area (Å²) in [5, 5.41) is 9.15. The molecule has 92 valence electrons. The molecule has 0 aliphatic heterocycles. The van der Waals surface area contributed by atoms with E-state index in [1.807, 2.05) is 49.4 Å². The van der Waals surface area contributed by atoms with Gasteiger partial charge in [-0.2, -0.15) is 0 Å². The third kappa shape index (κ3) is 2.96. The van der Waals surface area contributed by atoms with Gasteiger partial charge in [-0.1, -0.05) is 56.3 Å². The van der Waals surface area contributed by atoms with Gasteiger partial charge in [0.1, 0.15) is 0 Å². The Kier molecular flexibility index (Phi) is 4.50. The summed E-state index contributed by atoms with van der Waals surface area (Å²) in [7, 11) is 0. The van der Waals surface area contributed by atoms with Gasteiger partial charge in [0.15, 0.2) is 0 Å². The number of hydrogen-bond donors (Lipinski definition) is 1. The SMILES string of the molecule is C/C=C/[C@@](CC(=O)O)(c1ccccc1)C(C)C. The Morgan fingerprint density at radius 3 is 2.35 bits per heavy atom. The highest BCUT2D eigenvalue weighted by atomic mass is 16.4. The van der Waals surface area contributed by atoms with Gasteiger partial charge in [0.05, 0.1) is 6.42 Å². The fourth-order valence-electron chi connectivity index (χ4n) is 2.28. The van der Waals surface area contributed by atoms with Crippen LogP contribution in [0.5, 0.6) is 0 Å². The van der Waals surface area contributed by atoms with E-state index in [0.717, 1.165) is 5.56 Å². The summed E-state index contributed by atoms with van der Waals surface area (Å²) in [6.45, 7) is 6.06. The Bertz CT molecular complexity index is 393. The van der Waals surface area contributed by atoms with Gasteiger partial charge in [-0.25, -0.2) is 0 Å². The summed E-state index contributed by atoms with van der Waals surface area (Å²) in [5.74, 6) is -0.530. The molecule has 0 spiro atoms. The van der Waals surface area contributed by atoms with Gasteiger partial charge in [0, 0.05) is 5.41 Å². The quantitative estimate of drug-likeness (QED) is 0.787. The van der Waals surface area contributed by atoms with Crippen LogP contribution in [0.1, 0.15) is 32.8 Å². The van der Waals surface area contributed by atoms with Crippen molar-refractivity contribution in [2.45, 2.75) is 32.6 Å². The summed E-state index contributed by atoms with van der Waals surface area (Å²) < 4.78 is 0. The number of carboxylic acid groups (broad SMARTS) is 1. The van der Waals surface area contributed by atoms with Crippen molar-refractivity contribution in [1.29, 1.82) is 0 Å². The number of hydrogen-bond acceptors (Lipinski definition) is 1. The summed E-state index contributed by atoms with van der Waals surface area (Å²) in [4.78, 5) is 11.1. The topological polar surface area (TPSA) is 37.3 Å². The van der Waals surface area contributed by atoms with E-state index in [1.165, 1.54) is 0 Å². The van der Waals surface area contributed by atoms with Crippen LogP contribution < -0.4 is 0 Å². The van der Waals surface area contributed by atoms with E-state index in [-0.39, 0.29) is 12.3 Å². The molecule has 2 heteroatoms. The molecule has 0 unspecified atom stereocenters. The normalized spacial score (nSPS) is 15.1. The molecule has 17 heavy (non-hydrogen) atoms. The third-order valence-corrected chi connectivity index (χ3v) is 3.25. The van der Waals surface area contributed by atoms with Crippen LogP contribution in [-0.2, 0) is 10.2 Å². The molecule has 0 heterocycles. The molecule has 0 amide bonds. The molecule has 0 aliphatic carbocycles. The van der Waals surface area contributed by atoms with Crippen LogP contribution in [0.3, 0.4) is 0 Å². The lowest BCUT2D eigenvalue weighted by atomic mass is 9.69. The van der Waals surface area contributed by atoms with E-state index in [0.29, 0.717) is 0 Å². The Hall–Kier alpha value is -1.57. The number of aliphatic carboxylic acids is 1. The van der Waals surface area contributed by atoms with Crippen LogP contribution in [0.4, 0.5) is 0 Å². The molecule has 1 rings (SSSR count). The minimum atomic E-state index is -0.763. The predicted octanol–water partition coefficient (Wildman–Crippen LogP) is 3.63. The maximum atomic E-state index is 11.1. The molecule has 0 radical (unpaired) electrons. The highest BCUT2D eigenvalue weighted by Crippen LogP contribution is 2.37. The van der Waals surface area contributed by atoms with Crippen molar-refractivity contribution in [3.05, 3.63) is 48.0 Å². The molecule has 1 aromatic carbocycles. The van der Waals surface area contributed by atoms with E-state index < -0.39 is 11.4 Å². The molecule has 0 aliphatic rings. The Balaban J connectivity index is 3.29. The first kappa shape index (κ1) is 13.5. The Labute approximate surface area is 103 Å². The molecule has 0 saturated heterocycles. The maximum absolute atomic E-state index is 11.1. The lowest BCUT2D eigenvalue weighted by Crippen LogP contribution is -2.33. The summed E-state index contributed by atoms with van der Waals surface area (Å²) in [6, 6.07) is 9.87. The van der Waals surface area contributed by atoms with Gasteiger partial charge in [0.25, 0.3) is 0 Å². The minimum Gasteiger partial charge on any atom is -0.481 e. The molecule has 1 aromatic rings. The maximum Gasteiger partial charge on any atom is 0.304 e. The van der Waals surface area contributed by atoms with Gasteiger partial charge in [0.2, 0.25) is 0 Å². The second-order valence-corrected chi connectivity index (χ2v) is 4.63. The zero-order valence-corrected chi connectivity index (χ0v) is 10.7. The first-order chi connectivity index (χ1) is 8.03. The second kappa shape index (κ2) is 5.67. The number of benzene rings is 1. The molecule has 2 nitrogen and oxygen atoms in total. The molecule has 1 N–H and O–H groups in total. The van der Waals surface area contributed by atoms with E-state index in [9.17, 15) is 4.79 Å². The van der Waals surface area contributed by atoms with Crippen molar-refractivity contribution in [3.63, 3.8) is 0 Å². The fourth-order valence-corrected chi connectivity index (χ4v) is 2.28. The van der Waals surface area contributed by atoms with Gasteiger partial charge in [-0.15, -0.1) is 0 Å². The summed E-state index contributed by atoms with van der Waals surface area (Å²) >= 11 is 0. The lowest BCUT2D eigenvalue weighted by molar-refractivity contribution is -0.138. The van der Waals surface area contributed by atoms with Crippen LogP contribution in [0, 0.1) is 5.92 Å². The minimum absolute atomic E-state index is 0.124. The molecule has 1 atom stereocenters. The zero-order chi connectivity index (χ0) is 12.9. The van der Waals surface area contributed by atoms with E-state index in [1.54, 1.807) is 0 Å². The Morgan fingerprint density at radius 2 is 1.94 bits per heavy atom. The lowest BCUT2D eigenvalue weighted by Gasteiger charge is -2.34. The molecule has 0 aromatic heterocycles. The van der Waals surface area contributed by atoms with Crippen LogP contribution in [0.15, 0.2) is 42.5 Å². The van der Waals surface area contributed by atoms with Crippen molar-refractivity contribution in [2.24, 2.45) is 5.92 Å². The predicted molar refractivity (Wildman–Crippen MR) is 70.0 cm³/mol. The smallest absolute Gasteiger partial charge is 0.304 e. The number of rotatable bonds is 5. The zero-order valence-electron chi connectivity index (χ0n) is 10.7. The monoisotopic (exact) mass is 232 g/mol. The number of carboxylic acids is 1. The second-order valence-electron chi connectivity index (χ2n) is 4.63. The third-order valence-electron chi connectivity index (χ3n) is 3.25. The summed E-state index contributed by atoms with van der Waals surface area (Å²) in [6.07, 6.45) is 4.08. The standard InChI is InChI=1S/C15H20O2/c1-4-10-15(12(2)3,11-14(16)17)13-8-6-5-7-9-13/h4-10,12H,11H2,1-3H3,(H,16,17)/b10-4+/t15-/m0/s1. The Morgan fingerprint density at radius 1 is 1.35 bits per heavy atom. The largest absolute Gasteiger partial charge is 0.481 e. The number of carbonyl (C=O) groups is 1. The highest BCUT2D eigenvalue weighted by molar-refractivity contribution is 5.70. The van der Waals surface area contributed by atoms with Crippen molar-refractivity contribution >= 4 is 5.97 Å². The van der Waals surface area contributed by atoms with Crippen molar-refractivity contribution < 1.29 is 9.90 Å². The molecule has 0 fully saturated rings. The first-order valence-corrected chi connectivity index (χ1v) is 5.94. The fraction of sp³-hybridized carbons (Fsp3) is 0.400. The highest BCUT2D eigenvalue weighted by Gasteiger charge is 2.35. The average molecular weight is 232 g/mol. The van der Waals surface area contributed by atoms with E-state index in [4.69, 9.17) is 5.11 Å². The van der Waals surface area contributed by atoms with Crippen molar-refractivity contribution in [2.75, 3.05) is 0 Å². The van der Waals surface area contributed by atoms with Crippen LogP contribution in [0.2, 0.25) is 0 Å². The molecular formula is C15H20O2. The van der Waals surface area contributed by atoms with Crippen molar-refractivity contribution in [3.8, 4) is 0 Å². The first-order valence-electron chi connectivity index (χ1n) is 5.94. The van der Waals surface area contributed by atoms with Gasteiger partial charge >= 0.3 is 5.97 Å². The molecule has 0 bridgehead atoms. The van der Waals surface area contributed by atoms with Crippen LogP contribution in [0.25, 0.3) is 0 Å². The number of allylic oxidation sites excluding steroid dienone is 2. The summed E-state index contributed by atoms with van der Waals surface area (Å²) in [5.41, 5.74) is 0.650. The van der Waals surface area contributed by atoms with Gasteiger partial charge in [-0.05, 0) is 18.4 Å². The van der Waals surface area contributed by atoms with Gasteiger partial charge in [-0.3, -0.25) is 4.79 Å². The molecule has 0 saturated carbocycles. The van der Waals surface area contributed by atoms with Crippen molar-refractivity contribution in [1.82, 2.24) is 0 Å². The van der Waals surface area contributed by atoms with Crippen LogP contribution >= 0.6 is 0 Å². The van der Waals surface area contributed by atoms with E-state index >= 15 is 0 Å². The molecular weight excluding hydrogens is 212 g/mol.